The third kappa shape index (κ3) is 5.07. The summed E-state index contributed by atoms with van der Waals surface area (Å²) in [6.45, 7) is 2.53. The van der Waals surface area contributed by atoms with Crippen molar-refractivity contribution >= 4 is 17.6 Å². The molecular weight excluding hydrogens is 355 g/mol. The Hall–Kier alpha value is -1.40. The van der Waals surface area contributed by atoms with Gasteiger partial charge in [-0.1, -0.05) is 11.6 Å². The average molecular weight is 383 g/mol. The van der Waals surface area contributed by atoms with Gasteiger partial charge in [0.15, 0.2) is 0 Å². The van der Waals surface area contributed by atoms with Crippen LogP contribution in [0.2, 0.25) is 5.02 Å². The van der Waals surface area contributed by atoms with Crippen LogP contribution in [0.3, 0.4) is 0 Å². The van der Waals surface area contributed by atoms with Gasteiger partial charge in [0.1, 0.15) is 5.82 Å². The molecule has 3 N–H and O–H groups in total. The number of halogens is 2. The summed E-state index contributed by atoms with van der Waals surface area (Å²) in [5.41, 5.74) is 6.17. The van der Waals surface area contributed by atoms with E-state index in [2.05, 4.69) is 10.3 Å². The van der Waals surface area contributed by atoms with E-state index < -0.39 is 0 Å². The molecule has 2 fully saturated rings. The lowest BCUT2D eigenvalue weighted by molar-refractivity contribution is 0.184. The minimum Gasteiger partial charge on any atom is -0.351 e. The lowest BCUT2D eigenvalue weighted by Gasteiger charge is -2.32. The van der Waals surface area contributed by atoms with Gasteiger partial charge >= 0.3 is 6.03 Å². The predicted octanol–water partition coefficient (Wildman–Crippen LogP) is 3.67. The zero-order valence-corrected chi connectivity index (χ0v) is 15.8. The molecule has 7 heteroatoms. The molecular formula is C19H28ClFN4O. The summed E-state index contributed by atoms with van der Waals surface area (Å²) in [4.78, 5) is 17.1. The van der Waals surface area contributed by atoms with Crippen LogP contribution in [-0.2, 0) is 0 Å². The summed E-state index contributed by atoms with van der Waals surface area (Å²) in [6.07, 6.45) is 8.87. The fourth-order valence-corrected chi connectivity index (χ4v) is 4.55. The van der Waals surface area contributed by atoms with Crippen molar-refractivity contribution < 1.29 is 9.18 Å². The fraction of sp³-hybridized carbons (Fsp3) is 0.684. The maximum atomic E-state index is 13.2. The van der Waals surface area contributed by atoms with Gasteiger partial charge in [-0.2, -0.15) is 0 Å². The van der Waals surface area contributed by atoms with E-state index in [0.717, 1.165) is 56.9 Å². The smallest absolute Gasteiger partial charge is 0.314 e. The van der Waals surface area contributed by atoms with E-state index in [1.54, 1.807) is 4.90 Å². The van der Waals surface area contributed by atoms with Crippen molar-refractivity contribution in [1.29, 1.82) is 0 Å². The van der Waals surface area contributed by atoms with Gasteiger partial charge in [-0.05, 0) is 63.5 Å². The van der Waals surface area contributed by atoms with Gasteiger partial charge < -0.3 is 16.0 Å². The van der Waals surface area contributed by atoms with E-state index >= 15 is 0 Å². The highest BCUT2D eigenvalue weighted by Gasteiger charge is 2.25. The van der Waals surface area contributed by atoms with E-state index in [-0.39, 0.29) is 11.8 Å². The van der Waals surface area contributed by atoms with E-state index in [1.807, 2.05) is 0 Å². The highest BCUT2D eigenvalue weighted by atomic mass is 35.5. The predicted molar refractivity (Wildman–Crippen MR) is 101 cm³/mol. The van der Waals surface area contributed by atoms with E-state index in [0.29, 0.717) is 17.0 Å². The zero-order chi connectivity index (χ0) is 18.5. The second-order valence-corrected chi connectivity index (χ2v) is 7.99. The number of carbonyl (C=O) groups excluding carboxylic acids is 1. The molecule has 1 saturated carbocycles. The zero-order valence-electron chi connectivity index (χ0n) is 15.1. The first-order valence-corrected chi connectivity index (χ1v) is 9.99. The van der Waals surface area contributed by atoms with Crippen molar-refractivity contribution in [2.24, 2.45) is 11.7 Å². The van der Waals surface area contributed by atoms with Crippen LogP contribution in [0.4, 0.5) is 9.18 Å². The van der Waals surface area contributed by atoms with E-state index in [4.69, 9.17) is 17.3 Å². The number of pyridine rings is 1. The second kappa shape index (κ2) is 9.00. The third-order valence-corrected chi connectivity index (χ3v) is 6.16. The number of aromatic nitrogens is 1. The van der Waals surface area contributed by atoms with Crippen molar-refractivity contribution in [1.82, 2.24) is 15.2 Å². The summed E-state index contributed by atoms with van der Waals surface area (Å²) in [6, 6.07) is 1.55. The van der Waals surface area contributed by atoms with Gasteiger partial charge in [-0.3, -0.25) is 4.98 Å². The number of nitrogens with one attached hydrogen (secondary N) is 1. The Morgan fingerprint density at radius 2 is 1.96 bits per heavy atom. The number of likely N-dealkylation sites (tertiary alicyclic amines) is 1. The Kier molecular flexibility index (Phi) is 6.70. The van der Waals surface area contributed by atoms with Crippen LogP contribution < -0.4 is 11.1 Å². The Balaban J connectivity index is 1.35. The van der Waals surface area contributed by atoms with Crippen LogP contribution in [0.25, 0.3) is 0 Å². The molecule has 5 nitrogen and oxygen atoms in total. The van der Waals surface area contributed by atoms with E-state index in [1.165, 1.54) is 31.5 Å². The molecule has 2 aliphatic rings. The van der Waals surface area contributed by atoms with Gasteiger partial charge in [0.2, 0.25) is 0 Å². The summed E-state index contributed by atoms with van der Waals surface area (Å²) in [5.74, 6) is 0.703. The molecule has 1 aromatic rings. The van der Waals surface area contributed by atoms with Gasteiger partial charge in [-0.25, -0.2) is 9.18 Å². The van der Waals surface area contributed by atoms with Crippen LogP contribution in [-0.4, -0.2) is 41.6 Å². The molecule has 0 atom stereocenters. The number of rotatable bonds is 5. The number of nitrogens with two attached hydrogens (primary N) is 1. The number of nitrogens with zero attached hydrogens (tertiary/aromatic N) is 2. The van der Waals surface area contributed by atoms with Crippen LogP contribution in [0.5, 0.6) is 0 Å². The lowest BCUT2D eigenvalue weighted by atomic mass is 9.79. The van der Waals surface area contributed by atoms with Crippen LogP contribution >= 0.6 is 11.6 Å². The van der Waals surface area contributed by atoms with Gasteiger partial charge in [-0.15, -0.1) is 0 Å². The van der Waals surface area contributed by atoms with Crippen molar-refractivity contribution in [3.8, 4) is 0 Å². The number of carbonyl (C=O) groups is 1. The first kappa shape index (κ1) is 19.4. The normalized spacial score (nSPS) is 24.6. The summed E-state index contributed by atoms with van der Waals surface area (Å²) >= 11 is 6.15. The number of hydrogen-bond donors (Lipinski definition) is 2. The largest absolute Gasteiger partial charge is 0.351 e. The van der Waals surface area contributed by atoms with Gasteiger partial charge in [0.25, 0.3) is 0 Å². The van der Waals surface area contributed by atoms with Gasteiger partial charge in [0, 0.05) is 25.0 Å². The molecule has 1 aliphatic carbocycles. The first-order valence-electron chi connectivity index (χ1n) is 9.61. The van der Waals surface area contributed by atoms with Crippen LogP contribution in [0.1, 0.15) is 56.6 Å². The van der Waals surface area contributed by atoms with Crippen molar-refractivity contribution in [2.75, 3.05) is 19.6 Å². The average Bonchev–Trinajstić information content (AvgIpc) is 2.63. The standard InChI is InChI=1S/C19H28ClFN4O/c20-17-11-15(21)12-24-18(17)14-3-1-13(2-4-14)5-8-23-16-6-9-25(10-7-16)19(22)26/h11-14,16,23H,1-10H2,(H2,22,26). The third-order valence-electron chi connectivity index (χ3n) is 5.86. The number of amides is 2. The van der Waals surface area contributed by atoms with E-state index in [9.17, 15) is 9.18 Å². The molecule has 0 radical (unpaired) electrons. The highest BCUT2D eigenvalue weighted by Crippen LogP contribution is 2.38. The molecule has 1 aromatic heterocycles. The maximum Gasteiger partial charge on any atom is 0.314 e. The molecule has 1 saturated heterocycles. The van der Waals surface area contributed by atoms with Crippen molar-refractivity contribution in [2.45, 2.75) is 56.9 Å². The molecule has 0 aromatic carbocycles. The SMILES string of the molecule is NC(=O)N1CCC(NCCC2CCC(c3ncc(F)cc3Cl)CC2)CC1. The molecule has 144 valence electrons. The van der Waals surface area contributed by atoms with Crippen molar-refractivity contribution in [3.05, 3.63) is 28.8 Å². The molecule has 2 amide bonds. The Bertz CT molecular complexity index is 614. The highest BCUT2D eigenvalue weighted by molar-refractivity contribution is 6.31. The van der Waals surface area contributed by atoms with Crippen LogP contribution in [0, 0.1) is 11.7 Å². The summed E-state index contributed by atoms with van der Waals surface area (Å²) < 4.78 is 13.2. The summed E-state index contributed by atoms with van der Waals surface area (Å²) in [7, 11) is 0. The molecule has 0 bridgehead atoms. The molecule has 2 heterocycles. The maximum absolute atomic E-state index is 13.2. The van der Waals surface area contributed by atoms with Crippen molar-refractivity contribution in [3.63, 3.8) is 0 Å². The number of primary amides is 1. The molecule has 1 aliphatic heterocycles. The summed E-state index contributed by atoms with van der Waals surface area (Å²) in [5, 5.41) is 4.09. The topological polar surface area (TPSA) is 71.2 Å². The Morgan fingerprint density at radius 1 is 1.27 bits per heavy atom. The number of hydrogen-bond acceptors (Lipinski definition) is 3. The quantitative estimate of drug-likeness (QED) is 0.816. The number of piperidine rings is 1. The molecule has 0 unspecified atom stereocenters. The van der Waals surface area contributed by atoms with Gasteiger partial charge in [0.05, 0.1) is 16.9 Å². The molecule has 26 heavy (non-hydrogen) atoms. The van der Waals surface area contributed by atoms with Crippen LogP contribution in [0.15, 0.2) is 12.3 Å². The fourth-order valence-electron chi connectivity index (χ4n) is 4.25. The minimum atomic E-state index is -0.375. The lowest BCUT2D eigenvalue weighted by Crippen LogP contribution is -2.47. The first-order chi connectivity index (χ1) is 12.5. The Morgan fingerprint density at radius 3 is 2.58 bits per heavy atom. The number of urea groups is 1. The minimum absolute atomic E-state index is 0.309. The monoisotopic (exact) mass is 382 g/mol. The molecule has 3 rings (SSSR count). The second-order valence-electron chi connectivity index (χ2n) is 7.58. The molecule has 0 spiro atoms. The Labute approximate surface area is 159 Å².